The first kappa shape index (κ1) is 12.0. The van der Waals surface area contributed by atoms with Crippen molar-refractivity contribution >= 4 is 0 Å². The summed E-state index contributed by atoms with van der Waals surface area (Å²) < 4.78 is 11.8. The predicted molar refractivity (Wildman–Crippen MR) is 58.1 cm³/mol. The topological polar surface area (TPSA) is 18.5 Å². The lowest BCUT2D eigenvalue weighted by atomic mass is 9.93. The van der Waals surface area contributed by atoms with Gasteiger partial charge in [0.1, 0.15) is 0 Å². The zero-order chi connectivity index (χ0) is 10.9. The van der Waals surface area contributed by atoms with E-state index in [1.165, 1.54) is 0 Å². The van der Waals surface area contributed by atoms with Crippen LogP contribution in [-0.4, -0.2) is 18.0 Å². The van der Waals surface area contributed by atoms with Crippen LogP contribution in [0.15, 0.2) is 0 Å². The average Bonchev–Trinajstić information content (AvgIpc) is 2.01. The third-order valence-corrected chi connectivity index (χ3v) is 2.82. The van der Waals surface area contributed by atoms with Gasteiger partial charge in [0, 0.05) is 6.42 Å². The molecule has 2 atom stereocenters. The predicted octanol–water partition coefficient (Wildman–Crippen LogP) is 3.21. The molecule has 0 saturated carbocycles. The summed E-state index contributed by atoms with van der Waals surface area (Å²) in [4.78, 5) is 0. The van der Waals surface area contributed by atoms with Crippen molar-refractivity contribution in [2.24, 2.45) is 11.8 Å². The fourth-order valence-electron chi connectivity index (χ4n) is 1.90. The number of rotatable bonds is 2. The smallest absolute Gasteiger partial charge is 0.163 e. The van der Waals surface area contributed by atoms with Crippen molar-refractivity contribution in [3.8, 4) is 0 Å². The fraction of sp³-hybridized carbons (Fsp3) is 1.00. The van der Waals surface area contributed by atoms with Crippen molar-refractivity contribution < 1.29 is 9.47 Å². The van der Waals surface area contributed by atoms with Crippen molar-refractivity contribution in [1.82, 2.24) is 0 Å². The molecule has 0 N–H and O–H groups in total. The second-order valence-electron chi connectivity index (χ2n) is 5.44. The molecule has 2 unspecified atom stereocenters. The van der Waals surface area contributed by atoms with Gasteiger partial charge in [0.15, 0.2) is 5.79 Å². The van der Waals surface area contributed by atoms with E-state index in [0.29, 0.717) is 24.0 Å². The Balaban J connectivity index is 2.67. The molecule has 14 heavy (non-hydrogen) atoms. The highest BCUT2D eigenvalue weighted by molar-refractivity contribution is 4.79. The molecule has 0 aromatic heterocycles. The standard InChI is InChI=1S/C12H24O2/c1-8(2)10-7-11(9(3)4)14-12(5,6)13-10/h8-11H,7H2,1-6H3. The molecule has 0 bridgehead atoms. The minimum Gasteiger partial charge on any atom is -0.347 e. The van der Waals surface area contributed by atoms with Crippen LogP contribution in [-0.2, 0) is 9.47 Å². The van der Waals surface area contributed by atoms with Crippen molar-refractivity contribution in [3.63, 3.8) is 0 Å². The lowest BCUT2D eigenvalue weighted by Gasteiger charge is -2.43. The van der Waals surface area contributed by atoms with Crippen molar-refractivity contribution in [2.45, 2.75) is 66.0 Å². The molecular weight excluding hydrogens is 176 g/mol. The van der Waals surface area contributed by atoms with E-state index in [4.69, 9.17) is 9.47 Å². The Bertz CT molecular complexity index is 167. The van der Waals surface area contributed by atoms with Crippen LogP contribution in [0.2, 0.25) is 0 Å². The summed E-state index contributed by atoms with van der Waals surface area (Å²) in [6.07, 6.45) is 1.70. The molecule has 1 aliphatic heterocycles. The highest BCUT2D eigenvalue weighted by Crippen LogP contribution is 2.32. The van der Waals surface area contributed by atoms with Crippen molar-refractivity contribution in [1.29, 1.82) is 0 Å². The van der Waals surface area contributed by atoms with Gasteiger partial charge in [-0.15, -0.1) is 0 Å². The van der Waals surface area contributed by atoms with Crippen LogP contribution in [0.1, 0.15) is 48.0 Å². The van der Waals surface area contributed by atoms with E-state index in [0.717, 1.165) is 6.42 Å². The Hall–Kier alpha value is -0.0800. The van der Waals surface area contributed by atoms with E-state index in [-0.39, 0.29) is 0 Å². The number of ether oxygens (including phenoxy) is 2. The van der Waals surface area contributed by atoms with Gasteiger partial charge >= 0.3 is 0 Å². The van der Waals surface area contributed by atoms with Crippen LogP contribution >= 0.6 is 0 Å². The molecule has 0 spiro atoms. The Morgan fingerprint density at radius 2 is 1.29 bits per heavy atom. The Morgan fingerprint density at radius 1 is 0.929 bits per heavy atom. The summed E-state index contributed by atoms with van der Waals surface area (Å²) >= 11 is 0. The largest absolute Gasteiger partial charge is 0.347 e. The van der Waals surface area contributed by atoms with Gasteiger partial charge in [-0.05, 0) is 25.7 Å². The van der Waals surface area contributed by atoms with Gasteiger partial charge in [0.25, 0.3) is 0 Å². The Kier molecular flexibility index (Phi) is 3.59. The summed E-state index contributed by atoms with van der Waals surface area (Å²) in [7, 11) is 0. The van der Waals surface area contributed by atoms with Crippen molar-refractivity contribution in [3.05, 3.63) is 0 Å². The molecule has 0 aliphatic carbocycles. The summed E-state index contributed by atoms with van der Waals surface area (Å²) in [5, 5.41) is 0. The highest BCUT2D eigenvalue weighted by Gasteiger charge is 2.37. The van der Waals surface area contributed by atoms with Gasteiger partial charge in [-0.2, -0.15) is 0 Å². The quantitative estimate of drug-likeness (QED) is 0.681. The van der Waals surface area contributed by atoms with Crippen LogP contribution in [0.3, 0.4) is 0 Å². The van der Waals surface area contributed by atoms with Gasteiger partial charge in [-0.3, -0.25) is 0 Å². The maximum absolute atomic E-state index is 5.89. The second kappa shape index (κ2) is 4.19. The average molecular weight is 200 g/mol. The van der Waals surface area contributed by atoms with Gasteiger partial charge in [-0.1, -0.05) is 27.7 Å². The first-order chi connectivity index (χ1) is 6.32. The number of hydrogen-bond donors (Lipinski definition) is 0. The molecule has 2 nitrogen and oxygen atoms in total. The van der Waals surface area contributed by atoms with Crippen LogP contribution in [0.25, 0.3) is 0 Å². The van der Waals surface area contributed by atoms with E-state index in [1.807, 2.05) is 13.8 Å². The van der Waals surface area contributed by atoms with Crippen LogP contribution < -0.4 is 0 Å². The molecule has 1 heterocycles. The third kappa shape index (κ3) is 2.96. The molecule has 0 radical (unpaired) electrons. The molecule has 0 aromatic carbocycles. The van der Waals surface area contributed by atoms with Crippen LogP contribution in [0.5, 0.6) is 0 Å². The SMILES string of the molecule is CC(C)C1CC(C(C)C)OC(C)(C)O1. The molecule has 2 heteroatoms. The molecule has 1 fully saturated rings. The zero-order valence-electron chi connectivity index (χ0n) is 10.3. The Morgan fingerprint density at radius 3 is 1.57 bits per heavy atom. The minimum absolute atomic E-state index is 0.339. The lowest BCUT2D eigenvalue weighted by Crippen LogP contribution is -2.47. The van der Waals surface area contributed by atoms with E-state index in [9.17, 15) is 0 Å². The summed E-state index contributed by atoms with van der Waals surface area (Å²) in [6, 6.07) is 0. The van der Waals surface area contributed by atoms with E-state index >= 15 is 0 Å². The molecular formula is C12H24O2. The molecule has 0 aromatic rings. The van der Waals surface area contributed by atoms with Crippen LogP contribution in [0, 0.1) is 11.8 Å². The first-order valence-electron chi connectivity index (χ1n) is 5.67. The number of hydrogen-bond acceptors (Lipinski definition) is 2. The van der Waals surface area contributed by atoms with Crippen LogP contribution in [0.4, 0.5) is 0 Å². The van der Waals surface area contributed by atoms with Gasteiger partial charge in [0.2, 0.25) is 0 Å². The third-order valence-electron chi connectivity index (χ3n) is 2.82. The second-order valence-corrected chi connectivity index (χ2v) is 5.44. The fourth-order valence-corrected chi connectivity index (χ4v) is 1.90. The molecule has 1 aliphatic rings. The van der Waals surface area contributed by atoms with Gasteiger partial charge in [-0.25, -0.2) is 0 Å². The normalized spacial score (nSPS) is 32.6. The molecule has 84 valence electrons. The summed E-state index contributed by atoms with van der Waals surface area (Å²) in [5.74, 6) is 0.723. The Labute approximate surface area is 88.0 Å². The van der Waals surface area contributed by atoms with E-state index < -0.39 is 5.79 Å². The zero-order valence-corrected chi connectivity index (χ0v) is 10.3. The lowest BCUT2D eigenvalue weighted by molar-refractivity contribution is -0.312. The summed E-state index contributed by atoms with van der Waals surface area (Å²) in [5.41, 5.74) is 0. The van der Waals surface area contributed by atoms with Crippen molar-refractivity contribution in [2.75, 3.05) is 0 Å². The van der Waals surface area contributed by atoms with E-state index in [1.54, 1.807) is 0 Å². The van der Waals surface area contributed by atoms with E-state index in [2.05, 4.69) is 27.7 Å². The summed E-state index contributed by atoms with van der Waals surface area (Å²) in [6.45, 7) is 12.9. The molecule has 0 amide bonds. The first-order valence-corrected chi connectivity index (χ1v) is 5.67. The maximum atomic E-state index is 5.89. The minimum atomic E-state index is -0.415. The molecule has 1 saturated heterocycles. The van der Waals surface area contributed by atoms with Gasteiger partial charge in [0.05, 0.1) is 12.2 Å². The molecule has 1 rings (SSSR count). The van der Waals surface area contributed by atoms with Gasteiger partial charge < -0.3 is 9.47 Å². The maximum Gasteiger partial charge on any atom is 0.163 e. The highest BCUT2D eigenvalue weighted by atomic mass is 16.7. The monoisotopic (exact) mass is 200 g/mol.